The summed E-state index contributed by atoms with van der Waals surface area (Å²) in [5.41, 5.74) is 10.8. The van der Waals surface area contributed by atoms with Gasteiger partial charge in [-0.15, -0.1) is 11.8 Å². The van der Waals surface area contributed by atoms with E-state index in [1.54, 1.807) is 11.8 Å². The van der Waals surface area contributed by atoms with E-state index in [4.69, 9.17) is 10.5 Å². The molecule has 0 saturated carbocycles. The lowest BCUT2D eigenvalue weighted by Crippen LogP contribution is -2.42. The van der Waals surface area contributed by atoms with E-state index in [1.165, 1.54) is 22.3 Å². The van der Waals surface area contributed by atoms with E-state index in [1.807, 2.05) is 29.2 Å². The average Bonchev–Trinajstić information content (AvgIpc) is 3.44. The van der Waals surface area contributed by atoms with E-state index < -0.39 is 12.1 Å². The number of carbonyl (C=O) groups excluding carboxylic acids is 2. The van der Waals surface area contributed by atoms with Crippen molar-refractivity contribution in [2.24, 2.45) is 5.73 Å². The Kier molecular flexibility index (Phi) is 7.14. The zero-order valence-electron chi connectivity index (χ0n) is 17.6. The van der Waals surface area contributed by atoms with Gasteiger partial charge in [0.2, 0.25) is 5.91 Å². The molecule has 1 unspecified atom stereocenters. The summed E-state index contributed by atoms with van der Waals surface area (Å²) in [6.45, 7) is 1.62. The molecule has 3 N–H and O–H groups in total. The van der Waals surface area contributed by atoms with Crippen LogP contribution in [0.4, 0.5) is 4.79 Å². The molecular weight excluding hydrogens is 410 g/mol. The number of ether oxygens (including phenoxy) is 1. The first kappa shape index (κ1) is 21.7. The van der Waals surface area contributed by atoms with Crippen LogP contribution in [-0.4, -0.2) is 54.3 Å². The monoisotopic (exact) mass is 439 g/mol. The molecule has 1 heterocycles. The standard InChI is InChI=1S/C24H29N3O3S/c25-22(23(28)27-13-14-31-16-27)11-5-6-12-26-24(29)30-15-21-19-9-3-1-7-17(19)18-8-2-4-10-20(18)21/h1-4,7-10,21-22H,5-6,11-16,25H2,(H,26,29). The van der Waals surface area contributed by atoms with Gasteiger partial charge in [0, 0.05) is 24.8 Å². The molecule has 0 bridgehead atoms. The third-order valence-electron chi connectivity index (χ3n) is 5.94. The number of nitrogens with zero attached hydrogens (tertiary/aromatic N) is 1. The molecule has 164 valence electrons. The number of rotatable bonds is 8. The topological polar surface area (TPSA) is 84.7 Å². The summed E-state index contributed by atoms with van der Waals surface area (Å²) in [5.74, 6) is 1.83. The second-order valence-electron chi connectivity index (χ2n) is 7.99. The van der Waals surface area contributed by atoms with E-state index >= 15 is 0 Å². The summed E-state index contributed by atoms with van der Waals surface area (Å²) in [6.07, 6.45) is 1.78. The van der Waals surface area contributed by atoms with E-state index in [-0.39, 0.29) is 11.8 Å². The fourth-order valence-electron chi connectivity index (χ4n) is 4.27. The first-order valence-corrected chi connectivity index (χ1v) is 12.0. The van der Waals surface area contributed by atoms with Crippen LogP contribution in [0, 0.1) is 0 Å². The summed E-state index contributed by atoms with van der Waals surface area (Å²) in [5, 5.41) is 2.81. The number of unbranched alkanes of at least 4 members (excludes halogenated alkanes) is 1. The zero-order valence-corrected chi connectivity index (χ0v) is 18.4. The fraction of sp³-hybridized carbons (Fsp3) is 0.417. The Morgan fingerprint density at radius 2 is 1.77 bits per heavy atom. The molecule has 1 fully saturated rings. The van der Waals surface area contributed by atoms with Gasteiger partial charge in [-0.3, -0.25) is 4.79 Å². The zero-order chi connectivity index (χ0) is 21.6. The largest absolute Gasteiger partial charge is 0.449 e. The van der Waals surface area contributed by atoms with Crippen LogP contribution in [0.15, 0.2) is 48.5 Å². The average molecular weight is 440 g/mol. The Hall–Kier alpha value is -2.51. The van der Waals surface area contributed by atoms with Gasteiger partial charge in [-0.05, 0) is 41.5 Å². The third-order valence-corrected chi connectivity index (χ3v) is 6.90. The fourth-order valence-corrected chi connectivity index (χ4v) is 5.23. The molecule has 1 atom stereocenters. The summed E-state index contributed by atoms with van der Waals surface area (Å²) in [7, 11) is 0. The van der Waals surface area contributed by atoms with Crippen LogP contribution in [0.1, 0.15) is 36.3 Å². The highest BCUT2D eigenvalue weighted by Gasteiger charge is 2.29. The number of hydrogen-bond acceptors (Lipinski definition) is 5. The highest BCUT2D eigenvalue weighted by atomic mass is 32.2. The maximum absolute atomic E-state index is 12.2. The third kappa shape index (κ3) is 5.05. The van der Waals surface area contributed by atoms with Gasteiger partial charge < -0.3 is 20.7 Å². The van der Waals surface area contributed by atoms with Crippen LogP contribution in [-0.2, 0) is 9.53 Å². The Morgan fingerprint density at radius 3 is 2.42 bits per heavy atom. The first-order chi connectivity index (χ1) is 15.1. The minimum absolute atomic E-state index is 0.0366. The lowest BCUT2D eigenvalue weighted by Gasteiger charge is -2.19. The highest BCUT2D eigenvalue weighted by molar-refractivity contribution is 7.99. The molecule has 0 radical (unpaired) electrons. The van der Waals surface area contributed by atoms with Gasteiger partial charge in [-0.1, -0.05) is 48.5 Å². The SMILES string of the molecule is NC(CCCCNC(=O)OCC1c2ccccc2-c2ccccc21)C(=O)N1CCSC1. The number of nitrogens with one attached hydrogen (secondary N) is 1. The quantitative estimate of drug-likeness (QED) is 0.615. The second kappa shape index (κ2) is 10.2. The smallest absolute Gasteiger partial charge is 0.407 e. The molecule has 2 aliphatic rings. The Bertz CT molecular complexity index is 884. The van der Waals surface area contributed by atoms with Crippen molar-refractivity contribution in [3.63, 3.8) is 0 Å². The predicted molar refractivity (Wildman–Crippen MR) is 124 cm³/mol. The minimum atomic E-state index is -0.451. The summed E-state index contributed by atoms with van der Waals surface area (Å²) >= 11 is 1.76. The molecule has 1 aliphatic carbocycles. The number of nitrogens with two attached hydrogens (primary N) is 1. The van der Waals surface area contributed by atoms with Crippen molar-refractivity contribution >= 4 is 23.8 Å². The molecule has 1 aliphatic heterocycles. The van der Waals surface area contributed by atoms with Crippen molar-refractivity contribution in [1.29, 1.82) is 0 Å². The molecule has 4 rings (SSSR count). The molecule has 2 aromatic rings. The maximum Gasteiger partial charge on any atom is 0.407 e. The van der Waals surface area contributed by atoms with Crippen LogP contribution in [0.2, 0.25) is 0 Å². The number of amides is 2. The van der Waals surface area contributed by atoms with E-state index in [0.717, 1.165) is 31.0 Å². The lowest BCUT2D eigenvalue weighted by atomic mass is 9.98. The molecule has 1 saturated heterocycles. The normalized spacial score (nSPS) is 16.0. The van der Waals surface area contributed by atoms with Gasteiger partial charge in [-0.25, -0.2) is 4.79 Å². The molecule has 0 spiro atoms. The first-order valence-electron chi connectivity index (χ1n) is 10.9. The van der Waals surface area contributed by atoms with Gasteiger partial charge in [0.05, 0.1) is 11.9 Å². The molecule has 6 nitrogen and oxygen atoms in total. The second-order valence-corrected chi connectivity index (χ2v) is 9.07. The van der Waals surface area contributed by atoms with Gasteiger partial charge in [0.15, 0.2) is 0 Å². The summed E-state index contributed by atoms with van der Waals surface area (Å²) in [4.78, 5) is 26.2. The molecular formula is C24H29N3O3S. The van der Waals surface area contributed by atoms with Crippen LogP contribution >= 0.6 is 11.8 Å². The van der Waals surface area contributed by atoms with Crippen LogP contribution in [0.5, 0.6) is 0 Å². The Balaban J connectivity index is 1.18. The van der Waals surface area contributed by atoms with Crippen molar-refractivity contribution in [3.8, 4) is 11.1 Å². The van der Waals surface area contributed by atoms with E-state index in [9.17, 15) is 9.59 Å². The van der Waals surface area contributed by atoms with Gasteiger partial charge in [0.25, 0.3) is 0 Å². The number of carbonyl (C=O) groups is 2. The van der Waals surface area contributed by atoms with Gasteiger partial charge in [0.1, 0.15) is 6.61 Å². The van der Waals surface area contributed by atoms with Crippen LogP contribution < -0.4 is 11.1 Å². The lowest BCUT2D eigenvalue weighted by molar-refractivity contribution is -0.131. The highest BCUT2D eigenvalue weighted by Crippen LogP contribution is 2.44. The predicted octanol–water partition coefficient (Wildman–Crippen LogP) is 3.56. The maximum atomic E-state index is 12.2. The number of fused-ring (bicyclic) bond motifs is 3. The number of hydrogen-bond donors (Lipinski definition) is 2. The van der Waals surface area contributed by atoms with Crippen LogP contribution in [0.3, 0.4) is 0 Å². The van der Waals surface area contributed by atoms with Crippen molar-refractivity contribution in [3.05, 3.63) is 59.7 Å². The summed E-state index contributed by atoms with van der Waals surface area (Å²) < 4.78 is 5.54. The van der Waals surface area contributed by atoms with Crippen molar-refractivity contribution in [2.45, 2.75) is 31.2 Å². The minimum Gasteiger partial charge on any atom is -0.449 e. The van der Waals surface area contributed by atoms with Crippen molar-refractivity contribution in [1.82, 2.24) is 10.2 Å². The molecule has 0 aromatic heterocycles. The van der Waals surface area contributed by atoms with E-state index in [0.29, 0.717) is 19.6 Å². The molecule has 2 aromatic carbocycles. The van der Waals surface area contributed by atoms with E-state index in [2.05, 4.69) is 29.6 Å². The van der Waals surface area contributed by atoms with Crippen molar-refractivity contribution < 1.29 is 14.3 Å². The van der Waals surface area contributed by atoms with Crippen LogP contribution in [0.25, 0.3) is 11.1 Å². The molecule has 2 amide bonds. The molecule has 31 heavy (non-hydrogen) atoms. The Morgan fingerprint density at radius 1 is 1.10 bits per heavy atom. The number of alkyl carbamates (subject to hydrolysis) is 1. The van der Waals surface area contributed by atoms with Gasteiger partial charge in [-0.2, -0.15) is 0 Å². The van der Waals surface area contributed by atoms with Gasteiger partial charge >= 0.3 is 6.09 Å². The number of thioether (sulfide) groups is 1. The van der Waals surface area contributed by atoms with Crippen molar-refractivity contribution in [2.75, 3.05) is 31.3 Å². The Labute approximate surface area is 187 Å². The number of benzene rings is 2. The molecule has 7 heteroatoms. The summed E-state index contributed by atoms with van der Waals surface area (Å²) in [6, 6.07) is 16.1.